The van der Waals surface area contributed by atoms with Crippen molar-refractivity contribution < 1.29 is 9.53 Å². The Hall–Kier alpha value is -1.10. The third-order valence-corrected chi connectivity index (χ3v) is 5.23. The first kappa shape index (κ1) is 15.8. The predicted octanol–water partition coefficient (Wildman–Crippen LogP) is 1.79. The number of hydrogen-bond acceptors (Lipinski definition) is 3. The number of nitrogens with zero attached hydrogens (tertiary/aromatic N) is 1. The van der Waals surface area contributed by atoms with Gasteiger partial charge < -0.3 is 15.0 Å². The van der Waals surface area contributed by atoms with Crippen LogP contribution >= 0.6 is 12.4 Å². The average Bonchev–Trinajstić information content (AvgIpc) is 3.01. The van der Waals surface area contributed by atoms with E-state index in [0.29, 0.717) is 12.5 Å². The van der Waals surface area contributed by atoms with Crippen molar-refractivity contribution in [1.29, 1.82) is 0 Å². The minimum absolute atomic E-state index is 0. The fourth-order valence-corrected chi connectivity index (χ4v) is 4.00. The maximum atomic E-state index is 12.9. The molecule has 120 valence electrons. The zero-order valence-electron chi connectivity index (χ0n) is 12.7. The van der Waals surface area contributed by atoms with E-state index in [2.05, 4.69) is 11.4 Å². The van der Waals surface area contributed by atoms with Gasteiger partial charge in [0.05, 0.1) is 6.61 Å². The van der Waals surface area contributed by atoms with E-state index in [9.17, 15) is 4.79 Å². The summed E-state index contributed by atoms with van der Waals surface area (Å²) in [5.74, 6) is 1.54. The molecule has 3 atom stereocenters. The molecule has 2 fully saturated rings. The van der Waals surface area contributed by atoms with Crippen LogP contribution in [0.3, 0.4) is 0 Å². The lowest BCUT2D eigenvalue weighted by atomic mass is 9.88. The molecular weight excluding hydrogens is 300 g/mol. The van der Waals surface area contributed by atoms with E-state index in [1.54, 1.807) is 0 Å². The van der Waals surface area contributed by atoms with Crippen molar-refractivity contribution in [2.45, 2.75) is 18.9 Å². The topological polar surface area (TPSA) is 41.6 Å². The van der Waals surface area contributed by atoms with Gasteiger partial charge in [-0.3, -0.25) is 4.79 Å². The van der Waals surface area contributed by atoms with Gasteiger partial charge in [0.2, 0.25) is 0 Å². The molecular formula is C17H23ClN2O2. The van der Waals surface area contributed by atoms with Crippen LogP contribution < -0.4 is 5.32 Å². The predicted molar refractivity (Wildman–Crippen MR) is 87.1 cm³/mol. The van der Waals surface area contributed by atoms with Crippen molar-refractivity contribution >= 4 is 18.3 Å². The van der Waals surface area contributed by atoms with Crippen LogP contribution in [0.4, 0.5) is 0 Å². The van der Waals surface area contributed by atoms with Crippen LogP contribution in [0.1, 0.15) is 23.7 Å². The van der Waals surface area contributed by atoms with Gasteiger partial charge in [-0.15, -0.1) is 12.4 Å². The van der Waals surface area contributed by atoms with Crippen molar-refractivity contribution in [2.75, 3.05) is 32.8 Å². The summed E-state index contributed by atoms with van der Waals surface area (Å²) in [5, 5.41) is 3.45. The van der Waals surface area contributed by atoms with Crippen LogP contribution in [0, 0.1) is 11.8 Å². The molecule has 0 bridgehead atoms. The highest BCUT2D eigenvalue weighted by Gasteiger charge is 2.38. The lowest BCUT2D eigenvalue weighted by Gasteiger charge is -2.37. The molecule has 0 aliphatic carbocycles. The Morgan fingerprint density at radius 1 is 1.23 bits per heavy atom. The third-order valence-electron chi connectivity index (χ3n) is 5.23. The van der Waals surface area contributed by atoms with Gasteiger partial charge in [0.25, 0.3) is 5.91 Å². The fraction of sp³-hybridized carbons (Fsp3) is 0.588. The maximum Gasteiger partial charge on any atom is 0.256 e. The Balaban J connectivity index is 0.00000144. The SMILES string of the molecule is Cl.O=C(C1OCCc2ccccc21)N1CCC2CNCC2C1. The molecule has 4 nitrogen and oxygen atoms in total. The highest BCUT2D eigenvalue weighted by Crippen LogP contribution is 2.32. The first-order valence-corrected chi connectivity index (χ1v) is 8.02. The number of amides is 1. The second-order valence-electron chi connectivity index (χ2n) is 6.45. The largest absolute Gasteiger partial charge is 0.363 e. The summed E-state index contributed by atoms with van der Waals surface area (Å²) in [4.78, 5) is 14.9. The van der Waals surface area contributed by atoms with Gasteiger partial charge in [0.1, 0.15) is 0 Å². The van der Waals surface area contributed by atoms with Gasteiger partial charge in [0.15, 0.2) is 6.10 Å². The van der Waals surface area contributed by atoms with Crippen LogP contribution in [-0.4, -0.2) is 43.6 Å². The quantitative estimate of drug-likeness (QED) is 0.857. The summed E-state index contributed by atoms with van der Waals surface area (Å²) >= 11 is 0. The molecule has 0 saturated carbocycles. The zero-order chi connectivity index (χ0) is 14.2. The van der Waals surface area contributed by atoms with E-state index in [1.165, 1.54) is 5.56 Å². The van der Waals surface area contributed by atoms with E-state index in [0.717, 1.165) is 50.5 Å². The fourth-order valence-electron chi connectivity index (χ4n) is 4.00. The molecule has 1 aromatic rings. The molecule has 2 saturated heterocycles. The lowest BCUT2D eigenvalue weighted by Crippen LogP contribution is -2.46. The Kier molecular flexibility index (Phi) is 4.71. The molecule has 4 rings (SSSR count). The van der Waals surface area contributed by atoms with Crippen molar-refractivity contribution in [2.24, 2.45) is 11.8 Å². The number of carbonyl (C=O) groups is 1. The highest BCUT2D eigenvalue weighted by molar-refractivity contribution is 5.85. The van der Waals surface area contributed by atoms with E-state index >= 15 is 0 Å². The number of benzene rings is 1. The summed E-state index contributed by atoms with van der Waals surface area (Å²) in [7, 11) is 0. The molecule has 1 N–H and O–H groups in total. The Bertz CT molecular complexity index is 551. The number of piperidine rings is 1. The standard InChI is InChI=1S/C17H22N2O2.ClH/c20-17(19-7-5-13-9-18-10-14(13)11-19)16-15-4-2-1-3-12(15)6-8-21-16;/h1-4,13-14,16,18H,5-11H2;1H. The number of likely N-dealkylation sites (tertiary alicyclic amines) is 1. The van der Waals surface area contributed by atoms with Crippen molar-refractivity contribution in [3.05, 3.63) is 35.4 Å². The summed E-state index contributed by atoms with van der Waals surface area (Å²) in [5.41, 5.74) is 2.33. The van der Waals surface area contributed by atoms with Crippen molar-refractivity contribution in [3.63, 3.8) is 0 Å². The van der Waals surface area contributed by atoms with E-state index in [1.807, 2.05) is 23.1 Å². The van der Waals surface area contributed by atoms with Crippen LogP contribution in [0.2, 0.25) is 0 Å². The number of nitrogens with one attached hydrogen (secondary N) is 1. The normalized spacial score (nSPS) is 30.2. The van der Waals surface area contributed by atoms with Gasteiger partial charge >= 0.3 is 0 Å². The molecule has 3 unspecified atom stereocenters. The molecule has 1 aromatic carbocycles. The van der Waals surface area contributed by atoms with Gasteiger partial charge in [-0.2, -0.15) is 0 Å². The Morgan fingerprint density at radius 3 is 2.95 bits per heavy atom. The molecule has 0 spiro atoms. The van der Waals surface area contributed by atoms with Gasteiger partial charge in [-0.05, 0) is 48.9 Å². The van der Waals surface area contributed by atoms with Crippen molar-refractivity contribution in [3.8, 4) is 0 Å². The number of halogens is 1. The first-order valence-electron chi connectivity index (χ1n) is 8.02. The summed E-state index contributed by atoms with van der Waals surface area (Å²) in [6, 6.07) is 8.20. The van der Waals surface area contributed by atoms with Crippen LogP contribution in [0.25, 0.3) is 0 Å². The maximum absolute atomic E-state index is 12.9. The first-order chi connectivity index (χ1) is 10.3. The van der Waals surface area contributed by atoms with E-state index in [4.69, 9.17) is 4.74 Å². The second kappa shape index (κ2) is 6.57. The minimum Gasteiger partial charge on any atom is -0.363 e. The molecule has 3 heterocycles. The second-order valence-corrected chi connectivity index (χ2v) is 6.45. The number of carbonyl (C=O) groups excluding carboxylic acids is 1. The highest BCUT2D eigenvalue weighted by atomic mass is 35.5. The van der Waals surface area contributed by atoms with E-state index < -0.39 is 0 Å². The zero-order valence-corrected chi connectivity index (χ0v) is 13.5. The molecule has 5 heteroatoms. The Morgan fingerprint density at radius 2 is 2.05 bits per heavy atom. The van der Waals surface area contributed by atoms with Gasteiger partial charge in [-0.1, -0.05) is 24.3 Å². The number of ether oxygens (including phenoxy) is 1. The summed E-state index contributed by atoms with van der Waals surface area (Å²) in [6.45, 7) is 4.59. The molecule has 1 amide bonds. The molecule has 22 heavy (non-hydrogen) atoms. The van der Waals surface area contributed by atoms with Crippen LogP contribution in [0.15, 0.2) is 24.3 Å². The molecule has 3 aliphatic rings. The Labute approximate surface area is 137 Å². The van der Waals surface area contributed by atoms with E-state index in [-0.39, 0.29) is 24.4 Å². The summed E-state index contributed by atoms with van der Waals surface area (Å²) < 4.78 is 5.82. The summed E-state index contributed by atoms with van der Waals surface area (Å²) in [6.07, 6.45) is 1.65. The number of hydrogen-bond donors (Lipinski definition) is 1. The molecule has 0 radical (unpaired) electrons. The number of fused-ring (bicyclic) bond motifs is 2. The van der Waals surface area contributed by atoms with Crippen LogP contribution in [-0.2, 0) is 16.0 Å². The van der Waals surface area contributed by atoms with Gasteiger partial charge in [0, 0.05) is 13.1 Å². The smallest absolute Gasteiger partial charge is 0.256 e. The molecule has 0 aromatic heterocycles. The average molecular weight is 323 g/mol. The molecule has 3 aliphatic heterocycles. The monoisotopic (exact) mass is 322 g/mol. The number of rotatable bonds is 1. The van der Waals surface area contributed by atoms with Crippen molar-refractivity contribution in [1.82, 2.24) is 10.2 Å². The third kappa shape index (κ3) is 2.75. The minimum atomic E-state index is -0.388. The van der Waals surface area contributed by atoms with Gasteiger partial charge in [-0.25, -0.2) is 0 Å². The lowest BCUT2D eigenvalue weighted by molar-refractivity contribution is -0.147. The van der Waals surface area contributed by atoms with Crippen LogP contribution in [0.5, 0.6) is 0 Å².